The van der Waals surface area contributed by atoms with E-state index in [9.17, 15) is 0 Å². The molecule has 6 heteroatoms. The molecule has 14 heavy (non-hydrogen) atoms. The minimum Gasteiger partial charge on any atom is -0.366 e. The normalized spacial score (nSPS) is 14.6. The summed E-state index contributed by atoms with van der Waals surface area (Å²) in [6.07, 6.45) is 5.07. The predicted octanol–water partition coefficient (Wildman–Crippen LogP) is 0.795. The van der Waals surface area contributed by atoms with Crippen molar-refractivity contribution in [3.05, 3.63) is 16.9 Å². The Kier molecular flexibility index (Phi) is 1.57. The van der Waals surface area contributed by atoms with Crippen molar-refractivity contribution in [1.82, 2.24) is 19.7 Å². The fourth-order valence-electron chi connectivity index (χ4n) is 1.64. The van der Waals surface area contributed by atoms with Gasteiger partial charge in [0, 0.05) is 4.88 Å². The highest BCUT2D eigenvalue weighted by Gasteiger charge is 2.17. The molecule has 0 amide bonds. The van der Waals surface area contributed by atoms with E-state index in [1.54, 1.807) is 22.3 Å². The highest BCUT2D eigenvalue weighted by atomic mass is 32.1. The lowest BCUT2D eigenvalue weighted by Crippen LogP contribution is -1.96. The Morgan fingerprint density at radius 2 is 2.36 bits per heavy atom. The zero-order valence-electron chi connectivity index (χ0n) is 7.47. The molecule has 0 aliphatic heterocycles. The number of aryl methyl sites for hydroxylation is 2. The SMILES string of the molecule is Nc1ncn(-c2nc3c(s2)CCC3)n1. The second kappa shape index (κ2) is 2.78. The second-order valence-electron chi connectivity index (χ2n) is 3.27. The number of hydrogen-bond acceptors (Lipinski definition) is 5. The van der Waals surface area contributed by atoms with E-state index in [4.69, 9.17) is 5.73 Å². The van der Waals surface area contributed by atoms with Gasteiger partial charge in [-0.05, 0) is 19.3 Å². The maximum absolute atomic E-state index is 5.44. The van der Waals surface area contributed by atoms with Crippen LogP contribution in [0.3, 0.4) is 0 Å². The van der Waals surface area contributed by atoms with Crippen LogP contribution in [0.15, 0.2) is 6.33 Å². The average Bonchev–Trinajstić information content (AvgIpc) is 2.75. The number of nitrogens with two attached hydrogens (primary N) is 1. The smallest absolute Gasteiger partial charge is 0.239 e. The molecule has 0 fully saturated rings. The van der Waals surface area contributed by atoms with Crippen molar-refractivity contribution in [2.75, 3.05) is 5.73 Å². The van der Waals surface area contributed by atoms with Crippen LogP contribution in [-0.2, 0) is 12.8 Å². The Labute approximate surface area is 84.6 Å². The van der Waals surface area contributed by atoms with E-state index in [1.165, 1.54) is 17.0 Å². The van der Waals surface area contributed by atoms with Crippen LogP contribution in [-0.4, -0.2) is 19.7 Å². The Bertz CT molecular complexity index is 450. The summed E-state index contributed by atoms with van der Waals surface area (Å²) >= 11 is 1.68. The highest BCUT2D eigenvalue weighted by Crippen LogP contribution is 2.28. The van der Waals surface area contributed by atoms with Gasteiger partial charge in [0.15, 0.2) is 0 Å². The maximum atomic E-state index is 5.44. The molecule has 0 unspecified atom stereocenters. The van der Waals surface area contributed by atoms with Gasteiger partial charge in [0.25, 0.3) is 0 Å². The van der Waals surface area contributed by atoms with E-state index < -0.39 is 0 Å². The molecular formula is C8H9N5S. The number of anilines is 1. The quantitative estimate of drug-likeness (QED) is 0.750. The molecule has 2 N–H and O–H groups in total. The Morgan fingerprint density at radius 1 is 1.43 bits per heavy atom. The van der Waals surface area contributed by atoms with E-state index in [-0.39, 0.29) is 0 Å². The van der Waals surface area contributed by atoms with Gasteiger partial charge in [-0.1, -0.05) is 11.3 Å². The molecule has 1 aliphatic rings. The summed E-state index contributed by atoms with van der Waals surface area (Å²) in [6, 6.07) is 0. The Morgan fingerprint density at radius 3 is 3.07 bits per heavy atom. The lowest BCUT2D eigenvalue weighted by molar-refractivity contribution is 0.848. The van der Waals surface area contributed by atoms with Crippen LogP contribution >= 0.6 is 11.3 Å². The maximum Gasteiger partial charge on any atom is 0.239 e. The second-order valence-corrected chi connectivity index (χ2v) is 4.33. The van der Waals surface area contributed by atoms with Gasteiger partial charge in [-0.2, -0.15) is 4.68 Å². The first-order valence-electron chi connectivity index (χ1n) is 4.49. The van der Waals surface area contributed by atoms with Crippen LogP contribution in [0, 0.1) is 0 Å². The minimum absolute atomic E-state index is 0.292. The molecule has 2 heterocycles. The molecular weight excluding hydrogens is 198 g/mol. The number of nitrogens with zero attached hydrogens (tertiary/aromatic N) is 4. The van der Waals surface area contributed by atoms with Crippen molar-refractivity contribution in [2.45, 2.75) is 19.3 Å². The third-order valence-electron chi connectivity index (χ3n) is 2.29. The summed E-state index contributed by atoms with van der Waals surface area (Å²) < 4.78 is 1.64. The molecule has 3 rings (SSSR count). The van der Waals surface area contributed by atoms with Gasteiger partial charge in [0.1, 0.15) is 6.33 Å². The first-order valence-corrected chi connectivity index (χ1v) is 5.30. The van der Waals surface area contributed by atoms with E-state index in [2.05, 4.69) is 15.1 Å². The number of fused-ring (bicyclic) bond motifs is 1. The zero-order chi connectivity index (χ0) is 9.54. The van der Waals surface area contributed by atoms with Crippen molar-refractivity contribution >= 4 is 17.3 Å². The first kappa shape index (κ1) is 7.93. The van der Waals surface area contributed by atoms with Gasteiger partial charge < -0.3 is 5.73 Å². The lowest BCUT2D eigenvalue weighted by atomic mass is 10.4. The predicted molar refractivity (Wildman–Crippen MR) is 53.5 cm³/mol. The van der Waals surface area contributed by atoms with E-state index in [1.807, 2.05) is 0 Å². The topological polar surface area (TPSA) is 69.6 Å². The summed E-state index contributed by atoms with van der Waals surface area (Å²) in [6.45, 7) is 0. The monoisotopic (exact) mass is 207 g/mol. The van der Waals surface area contributed by atoms with Gasteiger partial charge >= 0.3 is 0 Å². The third kappa shape index (κ3) is 1.11. The average molecular weight is 207 g/mol. The fourth-order valence-corrected chi connectivity index (χ4v) is 2.71. The zero-order valence-corrected chi connectivity index (χ0v) is 8.29. The fraction of sp³-hybridized carbons (Fsp3) is 0.375. The van der Waals surface area contributed by atoms with E-state index >= 15 is 0 Å². The number of thiazole rings is 1. The Hall–Kier alpha value is -1.43. The summed E-state index contributed by atoms with van der Waals surface area (Å²) in [5.74, 6) is 0.292. The molecule has 5 nitrogen and oxygen atoms in total. The summed E-state index contributed by atoms with van der Waals surface area (Å²) in [7, 11) is 0. The molecule has 0 saturated carbocycles. The van der Waals surface area contributed by atoms with Gasteiger partial charge in [-0.15, -0.1) is 5.10 Å². The van der Waals surface area contributed by atoms with Crippen LogP contribution in [0.5, 0.6) is 0 Å². The van der Waals surface area contributed by atoms with Crippen LogP contribution < -0.4 is 5.73 Å². The van der Waals surface area contributed by atoms with Gasteiger partial charge in [0.05, 0.1) is 5.69 Å². The molecule has 0 atom stereocenters. The lowest BCUT2D eigenvalue weighted by Gasteiger charge is -1.91. The highest BCUT2D eigenvalue weighted by molar-refractivity contribution is 7.14. The van der Waals surface area contributed by atoms with E-state index in [0.29, 0.717) is 5.95 Å². The van der Waals surface area contributed by atoms with Crippen molar-refractivity contribution in [3.8, 4) is 5.13 Å². The van der Waals surface area contributed by atoms with Crippen molar-refractivity contribution < 1.29 is 0 Å². The molecule has 0 bridgehead atoms. The third-order valence-corrected chi connectivity index (χ3v) is 3.44. The largest absolute Gasteiger partial charge is 0.366 e. The molecule has 0 saturated heterocycles. The molecule has 0 radical (unpaired) electrons. The van der Waals surface area contributed by atoms with Crippen molar-refractivity contribution in [3.63, 3.8) is 0 Å². The van der Waals surface area contributed by atoms with Gasteiger partial charge in [0.2, 0.25) is 11.1 Å². The number of rotatable bonds is 1. The molecule has 2 aromatic rings. The first-order chi connectivity index (χ1) is 6.83. The van der Waals surface area contributed by atoms with Crippen LogP contribution in [0.1, 0.15) is 17.0 Å². The number of aromatic nitrogens is 4. The molecule has 1 aliphatic carbocycles. The Balaban J connectivity index is 2.05. The molecule has 2 aromatic heterocycles. The number of hydrogen-bond donors (Lipinski definition) is 1. The van der Waals surface area contributed by atoms with Crippen LogP contribution in [0.2, 0.25) is 0 Å². The minimum atomic E-state index is 0.292. The summed E-state index contributed by atoms with van der Waals surface area (Å²) in [5, 5.41) is 4.90. The molecule has 0 spiro atoms. The molecule has 72 valence electrons. The molecule has 0 aromatic carbocycles. The van der Waals surface area contributed by atoms with Crippen molar-refractivity contribution in [2.24, 2.45) is 0 Å². The van der Waals surface area contributed by atoms with E-state index in [0.717, 1.165) is 18.0 Å². The summed E-state index contributed by atoms with van der Waals surface area (Å²) in [5.41, 5.74) is 6.66. The number of nitrogen functional groups attached to an aromatic ring is 1. The van der Waals surface area contributed by atoms with Gasteiger partial charge in [-0.25, -0.2) is 9.97 Å². The summed E-state index contributed by atoms with van der Waals surface area (Å²) in [4.78, 5) is 9.75. The van der Waals surface area contributed by atoms with Crippen molar-refractivity contribution in [1.29, 1.82) is 0 Å². The van der Waals surface area contributed by atoms with Crippen LogP contribution in [0.25, 0.3) is 5.13 Å². The van der Waals surface area contributed by atoms with Crippen LogP contribution in [0.4, 0.5) is 5.95 Å². The van der Waals surface area contributed by atoms with Gasteiger partial charge in [-0.3, -0.25) is 0 Å². The standard InChI is InChI=1S/C8H9N5S/c9-7-10-4-13(12-7)8-11-5-2-1-3-6(5)14-8/h4H,1-3H2,(H2,9,12).